The van der Waals surface area contributed by atoms with Crippen LogP contribution in [-0.2, 0) is 4.74 Å². The Morgan fingerprint density at radius 2 is 1.75 bits per heavy atom. The van der Waals surface area contributed by atoms with Gasteiger partial charge in [-0.1, -0.05) is 17.7 Å². The molecule has 2 atom stereocenters. The van der Waals surface area contributed by atoms with Crippen molar-refractivity contribution in [1.29, 1.82) is 0 Å². The molecule has 0 spiro atoms. The lowest BCUT2D eigenvalue weighted by atomic mass is 9.98. The summed E-state index contributed by atoms with van der Waals surface area (Å²) >= 11 is 0. The number of rotatable bonds is 4. The molecule has 0 unspecified atom stereocenters. The van der Waals surface area contributed by atoms with E-state index < -0.39 is 0 Å². The smallest absolute Gasteiger partial charge is 0.0748 e. The largest absolute Gasteiger partial charge is 0.380 e. The van der Waals surface area contributed by atoms with Crippen molar-refractivity contribution >= 4 is 30.5 Å². The number of benzene rings is 1. The third kappa shape index (κ3) is 5.50. The fraction of sp³-hybridized carbons (Fsp3) is 0.667. The number of methoxy groups -OCH3 is 1. The molecule has 2 aliphatic heterocycles. The molecule has 2 saturated heterocycles. The molecular weight excluding hydrogens is 345 g/mol. The van der Waals surface area contributed by atoms with E-state index in [1.165, 1.54) is 24.1 Å². The second kappa shape index (κ2) is 10.5. The third-order valence-corrected chi connectivity index (χ3v) is 5.07. The van der Waals surface area contributed by atoms with E-state index in [4.69, 9.17) is 4.74 Å². The van der Waals surface area contributed by atoms with E-state index >= 15 is 0 Å². The van der Waals surface area contributed by atoms with Crippen molar-refractivity contribution in [1.82, 2.24) is 10.6 Å². The first-order valence-electron chi connectivity index (χ1n) is 8.57. The van der Waals surface area contributed by atoms with Crippen molar-refractivity contribution < 1.29 is 4.74 Å². The zero-order valence-electron chi connectivity index (χ0n) is 14.7. The van der Waals surface area contributed by atoms with Crippen molar-refractivity contribution in [2.24, 2.45) is 0 Å². The number of ether oxygens (including phenoxy) is 1. The van der Waals surface area contributed by atoms with E-state index in [-0.39, 0.29) is 24.8 Å². The number of nitrogens with one attached hydrogen (secondary N) is 2. The van der Waals surface area contributed by atoms with Crippen LogP contribution in [-0.4, -0.2) is 51.5 Å². The second-order valence-electron chi connectivity index (χ2n) is 6.64. The Balaban J connectivity index is 0.00000144. The molecule has 0 aliphatic carbocycles. The minimum absolute atomic E-state index is 0. The second-order valence-corrected chi connectivity index (χ2v) is 6.64. The Bertz CT molecular complexity index is 464. The number of hydrogen-bond acceptors (Lipinski definition) is 4. The predicted octanol–water partition coefficient (Wildman–Crippen LogP) is 2.77. The van der Waals surface area contributed by atoms with E-state index in [9.17, 15) is 0 Å². The van der Waals surface area contributed by atoms with Crippen LogP contribution in [0.1, 0.15) is 24.8 Å². The monoisotopic (exact) mass is 375 g/mol. The minimum Gasteiger partial charge on any atom is -0.380 e. The van der Waals surface area contributed by atoms with Gasteiger partial charge in [-0.3, -0.25) is 0 Å². The van der Waals surface area contributed by atoms with Crippen LogP contribution in [0.2, 0.25) is 0 Å². The zero-order chi connectivity index (χ0) is 15.4. The molecule has 24 heavy (non-hydrogen) atoms. The average Bonchev–Trinajstić information content (AvgIpc) is 2.57. The summed E-state index contributed by atoms with van der Waals surface area (Å²) in [5.41, 5.74) is 2.69. The molecule has 6 heteroatoms. The van der Waals surface area contributed by atoms with Crippen molar-refractivity contribution in [3.63, 3.8) is 0 Å². The van der Waals surface area contributed by atoms with Gasteiger partial charge in [-0.05, 0) is 44.9 Å². The fourth-order valence-corrected chi connectivity index (χ4v) is 3.65. The molecule has 0 saturated carbocycles. The van der Waals surface area contributed by atoms with Gasteiger partial charge in [0.05, 0.1) is 6.10 Å². The molecule has 2 fully saturated rings. The Labute approximate surface area is 158 Å². The maximum atomic E-state index is 5.63. The molecular formula is C18H31Cl2N3O. The Morgan fingerprint density at radius 3 is 2.38 bits per heavy atom. The Hall–Kier alpha value is -0.520. The standard InChI is InChI=1S/C18H29N3O.2ClH/c1-14-3-5-16(6-4-14)21-11-8-15(9-12-21)20-17-13-19-10-7-18(17)22-2;;/h3-6,15,17-20H,7-13H2,1-2H3;2*1H/t17-,18+;;/m0../s1. The molecule has 138 valence electrons. The normalized spacial score (nSPS) is 24.8. The quantitative estimate of drug-likeness (QED) is 0.848. The van der Waals surface area contributed by atoms with Gasteiger partial charge in [0, 0.05) is 44.5 Å². The van der Waals surface area contributed by atoms with Crippen LogP contribution in [0.3, 0.4) is 0 Å². The summed E-state index contributed by atoms with van der Waals surface area (Å²) in [7, 11) is 1.84. The summed E-state index contributed by atoms with van der Waals surface area (Å²) in [5, 5.41) is 7.30. The van der Waals surface area contributed by atoms with Gasteiger partial charge in [-0.25, -0.2) is 0 Å². The van der Waals surface area contributed by atoms with Gasteiger partial charge < -0.3 is 20.3 Å². The van der Waals surface area contributed by atoms with Crippen LogP contribution < -0.4 is 15.5 Å². The van der Waals surface area contributed by atoms with Gasteiger partial charge in [-0.15, -0.1) is 24.8 Å². The van der Waals surface area contributed by atoms with Crippen LogP contribution in [0.25, 0.3) is 0 Å². The highest BCUT2D eigenvalue weighted by atomic mass is 35.5. The maximum absolute atomic E-state index is 5.63. The Morgan fingerprint density at radius 1 is 1.08 bits per heavy atom. The first-order chi connectivity index (χ1) is 10.8. The molecule has 0 radical (unpaired) electrons. The van der Waals surface area contributed by atoms with Crippen LogP contribution in [0.4, 0.5) is 5.69 Å². The number of piperidine rings is 2. The third-order valence-electron chi connectivity index (χ3n) is 5.07. The van der Waals surface area contributed by atoms with E-state index in [0.29, 0.717) is 18.2 Å². The maximum Gasteiger partial charge on any atom is 0.0748 e. The van der Waals surface area contributed by atoms with Gasteiger partial charge in [0.15, 0.2) is 0 Å². The van der Waals surface area contributed by atoms with Crippen LogP contribution in [0.15, 0.2) is 24.3 Å². The summed E-state index contributed by atoms with van der Waals surface area (Å²) in [4.78, 5) is 2.50. The number of halogens is 2. The summed E-state index contributed by atoms with van der Waals surface area (Å²) in [6.07, 6.45) is 3.88. The van der Waals surface area contributed by atoms with Crippen LogP contribution >= 0.6 is 24.8 Å². The number of anilines is 1. The molecule has 1 aromatic carbocycles. The highest BCUT2D eigenvalue weighted by Crippen LogP contribution is 2.21. The molecule has 1 aromatic rings. The number of nitrogens with zero attached hydrogens (tertiary/aromatic N) is 1. The summed E-state index contributed by atoms with van der Waals surface area (Å²) in [6, 6.07) is 9.97. The molecule has 2 aliphatic rings. The lowest BCUT2D eigenvalue weighted by molar-refractivity contribution is 0.0430. The van der Waals surface area contributed by atoms with Gasteiger partial charge in [0.25, 0.3) is 0 Å². The van der Waals surface area contributed by atoms with Crippen molar-refractivity contribution in [3.05, 3.63) is 29.8 Å². The fourth-order valence-electron chi connectivity index (χ4n) is 3.65. The molecule has 0 amide bonds. The van der Waals surface area contributed by atoms with Gasteiger partial charge in [0.2, 0.25) is 0 Å². The van der Waals surface area contributed by atoms with E-state index in [0.717, 1.165) is 32.6 Å². The molecule has 2 N–H and O–H groups in total. The number of aryl methyl sites for hydroxylation is 1. The molecule has 2 heterocycles. The first kappa shape index (κ1) is 21.5. The highest BCUT2D eigenvalue weighted by molar-refractivity contribution is 5.85. The highest BCUT2D eigenvalue weighted by Gasteiger charge is 2.28. The first-order valence-corrected chi connectivity index (χ1v) is 8.57. The Kier molecular flexibility index (Phi) is 9.39. The van der Waals surface area contributed by atoms with Gasteiger partial charge in [-0.2, -0.15) is 0 Å². The number of hydrogen-bond donors (Lipinski definition) is 2. The van der Waals surface area contributed by atoms with E-state index in [1.807, 2.05) is 7.11 Å². The van der Waals surface area contributed by atoms with Crippen LogP contribution in [0.5, 0.6) is 0 Å². The lowest BCUT2D eigenvalue weighted by Gasteiger charge is -2.39. The van der Waals surface area contributed by atoms with Gasteiger partial charge >= 0.3 is 0 Å². The van der Waals surface area contributed by atoms with Crippen molar-refractivity contribution in [2.75, 3.05) is 38.2 Å². The predicted molar refractivity (Wildman–Crippen MR) is 106 cm³/mol. The molecule has 0 aromatic heterocycles. The van der Waals surface area contributed by atoms with E-state index in [2.05, 4.69) is 46.7 Å². The van der Waals surface area contributed by atoms with Gasteiger partial charge in [0.1, 0.15) is 0 Å². The minimum atomic E-state index is 0. The average molecular weight is 376 g/mol. The summed E-state index contributed by atoms with van der Waals surface area (Å²) in [6.45, 7) is 6.51. The van der Waals surface area contributed by atoms with Crippen molar-refractivity contribution in [3.8, 4) is 0 Å². The summed E-state index contributed by atoms with van der Waals surface area (Å²) in [5.74, 6) is 0. The lowest BCUT2D eigenvalue weighted by Crippen LogP contribution is -2.57. The molecule has 3 rings (SSSR count). The molecule has 4 nitrogen and oxygen atoms in total. The van der Waals surface area contributed by atoms with Crippen LogP contribution in [0, 0.1) is 6.92 Å². The molecule has 0 bridgehead atoms. The topological polar surface area (TPSA) is 36.5 Å². The zero-order valence-corrected chi connectivity index (χ0v) is 16.3. The van der Waals surface area contributed by atoms with E-state index in [1.54, 1.807) is 0 Å². The van der Waals surface area contributed by atoms with Crippen molar-refractivity contribution in [2.45, 2.75) is 44.4 Å². The summed E-state index contributed by atoms with van der Waals surface area (Å²) < 4.78 is 5.63. The SMILES string of the molecule is CO[C@@H]1CCNC[C@@H]1NC1CCN(c2ccc(C)cc2)CC1.Cl.Cl.